The molecule has 1 N–H and O–H groups in total. The van der Waals surface area contributed by atoms with Crippen molar-refractivity contribution < 1.29 is 9.21 Å². The largest absolute Gasteiger partial charge is 0.444 e. The second-order valence-corrected chi connectivity index (χ2v) is 6.22. The first-order valence-electron chi connectivity index (χ1n) is 6.94. The van der Waals surface area contributed by atoms with Crippen LogP contribution in [0.15, 0.2) is 10.5 Å². The van der Waals surface area contributed by atoms with Crippen molar-refractivity contribution in [3.05, 3.63) is 34.8 Å². The summed E-state index contributed by atoms with van der Waals surface area (Å²) in [7, 11) is 1.77. The van der Waals surface area contributed by atoms with Crippen molar-refractivity contribution in [1.29, 1.82) is 0 Å². The fraction of sp³-hybridized carbons (Fsp3) is 0.533. The van der Waals surface area contributed by atoms with Crippen LogP contribution in [0, 0.1) is 13.8 Å². The maximum Gasteiger partial charge on any atom is 0.269 e. The van der Waals surface area contributed by atoms with Gasteiger partial charge in [-0.1, -0.05) is 20.8 Å². The third-order valence-corrected chi connectivity index (χ3v) is 3.35. The zero-order chi connectivity index (χ0) is 15.8. The maximum absolute atomic E-state index is 12.2. The molecule has 0 aliphatic carbocycles. The Hall–Kier alpha value is -2.11. The van der Waals surface area contributed by atoms with Crippen LogP contribution in [0.1, 0.15) is 54.3 Å². The van der Waals surface area contributed by atoms with E-state index in [1.165, 1.54) is 0 Å². The molecular weight excluding hydrogens is 268 g/mol. The van der Waals surface area contributed by atoms with Crippen molar-refractivity contribution in [3.8, 4) is 0 Å². The van der Waals surface area contributed by atoms with Crippen molar-refractivity contribution in [3.63, 3.8) is 0 Å². The molecule has 2 heterocycles. The molecular formula is C15H22N4O2. The number of hydrogen-bond acceptors (Lipinski definition) is 4. The smallest absolute Gasteiger partial charge is 0.269 e. The maximum atomic E-state index is 12.2. The summed E-state index contributed by atoms with van der Waals surface area (Å²) in [6, 6.07) is 1.82. The van der Waals surface area contributed by atoms with Crippen LogP contribution >= 0.6 is 0 Å². The lowest BCUT2D eigenvalue weighted by Gasteiger charge is -2.13. The van der Waals surface area contributed by atoms with Gasteiger partial charge in [0, 0.05) is 12.5 Å². The Morgan fingerprint density at radius 2 is 2.05 bits per heavy atom. The topological polar surface area (TPSA) is 73.0 Å². The van der Waals surface area contributed by atoms with Gasteiger partial charge in [-0.25, -0.2) is 4.98 Å². The first-order chi connectivity index (χ1) is 9.68. The van der Waals surface area contributed by atoms with E-state index in [2.05, 4.69) is 36.2 Å². The van der Waals surface area contributed by atoms with E-state index in [0.717, 1.165) is 17.1 Å². The van der Waals surface area contributed by atoms with Gasteiger partial charge in [-0.2, -0.15) is 5.10 Å². The van der Waals surface area contributed by atoms with Crippen LogP contribution in [-0.2, 0) is 19.0 Å². The van der Waals surface area contributed by atoms with E-state index in [4.69, 9.17) is 4.42 Å². The number of amides is 1. The van der Waals surface area contributed by atoms with Crippen molar-refractivity contribution in [1.82, 2.24) is 20.1 Å². The zero-order valence-corrected chi connectivity index (χ0v) is 13.4. The molecule has 0 atom stereocenters. The average Bonchev–Trinajstić information content (AvgIpc) is 2.90. The molecule has 1 amide bonds. The summed E-state index contributed by atoms with van der Waals surface area (Å²) in [5.41, 5.74) is 2.17. The molecule has 0 radical (unpaired) electrons. The van der Waals surface area contributed by atoms with Crippen LogP contribution in [0.3, 0.4) is 0 Å². The summed E-state index contributed by atoms with van der Waals surface area (Å²) < 4.78 is 7.04. The molecule has 0 fully saturated rings. The minimum atomic E-state index is -0.186. The first-order valence-corrected chi connectivity index (χ1v) is 6.94. The summed E-state index contributed by atoms with van der Waals surface area (Å²) in [6.07, 6.45) is 0. The molecule has 21 heavy (non-hydrogen) atoms. The fourth-order valence-corrected chi connectivity index (χ4v) is 1.91. The van der Waals surface area contributed by atoms with E-state index in [1.807, 2.05) is 19.9 Å². The molecule has 0 spiro atoms. The molecule has 0 saturated carbocycles. The fourth-order valence-electron chi connectivity index (χ4n) is 1.91. The second-order valence-electron chi connectivity index (χ2n) is 6.22. The molecule has 6 nitrogen and oxygen atoms in total. The van der Waals surface area contributed by atoms with Crippen LogP contribution in [0.5, 0.6) is 0 Å². The van der Waals surface area contributed by atoms with Crippen molar-refractivity contribution in [2.45, 2.75) is 46.6 Å². The molecule has 0 aliphatic heterocycles. The average molecular weight is 290 g/mol. The van der Waals surface area contributed by atoms with Gasteiger partial charge < -0.3 is 9.73 Å². The van der Waals surface area contributed by atoms with E-state index >= 15 is 0 Å². The number of carbonyl (C=O) groups is 1. The number of rotatable bonds is 3. The Bertz CT molecular complexity index is 642. The molecule has 2 aromatic rings. The Balaban J connectivity index is 2.08. The van der Waals surface area contributed by atoms with E-state index < -0.39 is 0 Å². The highest BCUT2D eigenvalue weighted by molar-refractivity contribution is 5.92. The summed E-state index contributed by atoms with van der Waals surface area (Å²) >= 11 is 0. The van der Waals surface area contributed by atoms with E-state index in [-0.39, 0.29) is 17.9 Å². The lowest BCUT2D eigenvalue weighted by atomic mass is 9.92. The van der Waals surface area contributed by atoms with Gasteiger partial charge in [0.25, 0.3) is 5.91 Å². The Kier molecular flexibility index (Phi) is 3.89. The number of aromatic nitrogens is 3. The van der Waals surface area contributed by atoms with Crippen LogP contribution in [0.2, 0.25) is 0 Å². The summed E-state index contributed by atoms with van der Waals surface area (Å²) in [4.78, 5) is 16.5. The van der Waals surface area contributed by atoms with Crippen molar-refractivity contribution in [2.24, 2.45) is 7.05 Å². The third-order valence-electron chi connectivity index (χ3n) is 3.35. The zero-order valence-electron chi connectivity index (χ0n) is 13.4. The van der Waals surface area contributed by atoms with E-state index in [1.54, 1.807) is 11.7 Å². The molecule has 0 bridgehead atoms. The molecule has 2 aromatic heterocycles. The highest BCUT2D eigenvalue weighted by Crippen LogP contribution is 2.21. The van der Waals surface area contributed by atoms with Crippen LogP contribution < -0.4 is 5.32 Å². The normalized spacial score (nSPS) is 11.7. The Morgan fingerprint density at radius 3 is 2.52 bits per heavy atom. The van der Waals surface area contributed by atoms with Gasteiger partial charge in [0.2, 0.25) is 5.89 Å². The molecule has 6 heteroatoms. The standard InChI is InChI=1S/C15H22N4O2/c1-9-10(2)21-13(17-9)8-16-14(20)11-7-12(15(3,4)5)18-19(11)6/h7H,8H2,1-6H3,(H,16,20). The molecule has 0 saturated heterocycles. The summed E-state index contributed by atoms with van der Waals surface area (Å²) in [5.74, 6) is 1.10. The number of nitrogens with one attached hydrogen (secondary N) is 1. The minimum Gasteiger partial charge on any atom is -0.444 e. The van der Waals surface area contributed by atoms with Crippen LogP contribution in [0.25, 0.3) is 0 Å². The predicted molar refractivity (Wildman–Crippen MR) is 79.1 cm³/mol. The summed E-state index contributed by atoms with van der Waals surface area (Å²) in [6.45, 7) is 10.2. The number of oxazole rings is 1. The first kappa shape index (κ1) is 15.3. The molecule has 2 rings (SSSR count). The molecule has 0 unspecified atom stereocenters. The quantitative estimate of drug-likeness (QED) is 0.941. The van der Waals surface area contributed by atoms with Gasteiger partial charge in [-0.15, -0.1) is 0 Å². The van der Waals surface area contributed by atoms with E-state index in [0.29, 0.717) is 11.6 Å². The minimum absolute atomic E-state index is 0.0902. The number of carbonyl (C=O) groups excluding carboxylic acids is 1. The Labute approximate surface area is 124 Å². The highest BCUT2D eigenvalue weighted by atomic mass is 16.4. The predicted octanol–water partition coefficient (Wildman–Crippen LogP) is 2.25. The summed E-state index contributed by atoms with van der Waals surface area (Å²) in [5, 5.41) is 7.20. The van der Waals surface area contributed by atoms with Gasteiger partial charge >= 0.3 is 0 Å². The van der Waals surface area contributed by atoms with Crippen molar-refractivity contribution >= 4 is 5.91 Å². The number of nitrogens with zero attached hydrogens (tertiary/aromatic N) is 3. The third kappa shape index (κ3) is 3.32. The van der Waals surface area contributed by atoms with E-state index in [9.17, 15) is 4.79 Å². The van der Waals surface area contributed by atoms with Gasteiger partial charge in [-0.3, -0.25) is 9.48 Å². The lowest BCUT2D eigenvalue weighted by Crippen LogP contribution is -2.25. The monoisotopic (exact) mass is 290 g/mol. The molecule has 0 aromatic carbocycles. The van der Waals surface area contributed by atoms with Gasteiger partial charge in [0.15, 0.2) is 0 Å². The van der Waals surface area contributed by atoms with Gasteiger partial charge in [0.1, 0.15) is 11.5 Å². The van der Waals surface area contributed by atoms with Crippen LogP contribution in [0.4, 0.5) is 0 Å². The molecule has 0 aliphatic rings. The SMILES string of the molecule is Cc1nc(CNC(=O)c2cc(C(C)(C)C)nn2C)oc1C. The molecule has 114 valence electrons. The number of hydrogen-bond donors (Lipinski definition) is 1. The Morgan fingerprint density at radius 1 is 1.38 bits per heavy atom. The highest BCUT2D eigenvalue weighted by Gasteiger charge is 2.21. The van der Waals surface area contributed by atoms with Crippen molar-refractivity contribution in [2.75, 3.05) is 0 Å². The van der Waals surface area contributed by atoms with Crippen LogP contribution in [-0.4, -0.2) is 20.7 Å². The lowest BCUT2D eigenvalue weighted by molar-refractivity contribution is 0.0937. The second kappa shape index (κ2) is 5.35. The van der Waals surface area contributed by atoms with Gasteiger partial charge in [-0.05, 0) is 19.9 Å². The number of aryl methyl sites for hydroxylation is 3. The van der Waals surface area contributed by atoms with Gasteiger partial charge in [0.05, 0.1) is 17.9 Å².